The zero-order chi connectivity index (χ0) is 14.0. The number of hydrogen-bond acceptors (Lipinski definition) is 3. The molecule has 0 amide bonds. The van der Waals surface area contributed by atoms with Crippen molar-refractivity contribution in [1.82, 2.24) is 15.7 Å². The first-order chi connectivity index (χ1) is 9.84. The van der Waals surface area contributed by atoms with Gasteiger partial charge in [-0.3, -0.25) is 10.4 Å². The molecule has 20 heavy (non-hydrogen) atoms. The summed E-state index contributed by atoms with van der Waals surface area (Å²) in [5.74, 6) is 0. The van der Waals surface area contributed by atoms with Crippen LogP contribution in [0.25, 0.3) is 0 Å². The third-order valence-electron chi connectivity index (χ3n) is 2.61. The van der Waals surface area contributed by atoms with Crippen LogP contribution in [0.1, 0.15) is 11.1 Å². The van der Waals surface area contributed by atoms with Gasteiger partial charge in [0.2, 0.25) is 0 Å². The molecular weight excluding hydrogens is 268 g/mol. The zero-order valence-electron chi connectivity index (χ0n) is 11.0. The number of pyridine rings is 1. The van der Waals surface area contributed by atoms with Crippen molar-refractivity contribution >= 4 is 23.5 Å². The zero-order valence-corrected chi connectivity index (χ0v) is 11.8. The van der Waals surface area contributed by atoms with Gasteiger partial charge in [-0.2, -0.15) is 5.10 Å². The average molecular weight is 284 g/mol. The number of nitrogens with zero attached hydrogens (tertiary/aromatic N) is 2. The molecule has 0 unspecified atom stereocenters. The first-order valence-corrected chi connectivity index (χ1v) is 6.76. The van der Waals surface area contributed by atoms with Gasteiger partial charge in [-0.1, -0.05) is 36.4 Å². The first-order valence-electron chi connectivity index (χ1n) is 6.35. The number of aromatic nitrogens is 1. The molecule has 2 N–H and O–H groups in total. The Morgan fingerprint density at radius 3 is 2.80 bits per heavy atom. The number of thiocarbonyl (C=S) groups is 1. The molecule has 0 bridgehead atoms. The van der Waals surface area contributed by atoms with E-state index in [9.17, 15) is 0 Å². The number of nitrogens with one attached hydrogen (secondary N) is 2. The molecule has 0 spiro atoms. The summed E-state index contributed by atoms with van der Waals surface area (Å²) in [6.07, 6.45) is 6.06. The molecule has 0 atom stereocenters. The van der Waals surface area contributed by atoms with Gasteiger partial charge in [-0.05, 0) is 30.3 Å². The summed E-state index contributed by atoms with van der Waals surface area (Å²) in [7, 11) is 0. The lowest BCUT2D eigenvalue weighted by Gasteiger charge is -2.06. The summed E-state index contributed by atoms with van der Waals surface area (Å²) in [4.78, 5) is 4.00. The van der Waals surface area contributed by atoms with Gasteiger partial charge in [-0.15, -0.1) is 0 Å². The average Bonchev–Trinajstić information content (AvgIpc) is 2.49. The minimum absolute atomic E-state index is 0.515. The van der Waals surface area contributed by atoms with E-state index in [2.05, 4.69) is 33.0 Å². The second-order valence-corrected chi connectivity index (χ2v) is 4.56. The van der Waals surface area contributed by atoms with Crippen molar-refractivity contribution in [3.8, 4) is 0 Å². The van der Waals surface area contributed by atoms with Crippen molar-refractivity contribution in [3.05, 3.63) is 66.0 Å². The lowest BCUT2D eigenvalue weighted by Crippen LogP contribution is -2.33. The predicted octanol–water partition coefficient (Wildman–Crippen LogP) is 2.12. The van der Waals surface area contributed by atoms with E-state index >= 15 is 0 Å². The van der Waals surface area contributed by atoms with E-state index < -0.39 is 0 Å². The standard InChI is InChI=1S/C15H16N4S/c20-15(17-10-8-13-5-2-1-3-6-13)19-18-12-14-7-4-9-16-11-14/h1-7,9,11-12H,8,10H2,(H2,17,19,20). The van der Waals surface area contributed by atoms with Crippen LogP contribution in [0.5, 0.6) is 0 Å². The molecule has 0 saturated heterocycles. The Morgan fingerprint density at radius 1 is 1.20 bits per heavy atom. The van der Waals surface area contributed by atoms with Crippen molar-refractivity contribution in [2.24, 2.45) is 5.10 Å². The van der Waals surface area contributed by atoms with Crippen LogP contribution in [0.3, 0.4) is 0 Å². The normalized spacial score (nSPS) is 10.4. The van der Waals surface area contributed by atoms with E-state index in [1.165, 1.54) is 5.56 Å². The molecule has 1 heterocycles. The van der Waals surface area contributed by atoms with Gasteiger partial charge in [-0.25, -0.2) is 0 Å². The van der Waals surface area contributed by atoms with E-state index in [1.807, 2.05) is 30.3 Å². The highest BCUT2D eigenvalue weighted by molar-refractivity contribution is 7.80. The van der Waals surface area contributed by atoms with Crippen molar-refractivity contribution in [2.75, 3.05) is 6.54 Å². The summed E-state index contributed by atoms with van der Waals surface area (Å²) in [5.41, 5.74) is 4.98. The lowest BCUT2D eigenvalue weighted by atomic mass is 10.1. The van der Waals surface area contributed by atoms with Crippen molar-refractivity contribution in [3.63, 3.8) is 0 Å². The predicted molar refractivity (Wildman–Crippen MR) is 85.7 cm³/mol. The smallest absolute Gasteiger partial charge is 0.186 e. The summed E-state index contributed by atoms with van der Waals surface area (Å²) in [6.45, 7) is 0.776. The van der Waals surface area contributed by atoms with Gasteiger partial charge in [0.25, 0.3) is 0 Å². The molecule has 0 aliphatic rings. The van der Waals surface area contributed by atoms with Crippen LogP contribution in [0.4, 0.5) is 0 Å². The highest BCUT2D eigenvalue weighted by atomic mass is 32.1. The van der Waals surface area contributed by atoms with Crippen LogP contribution >= 0.6 is 12.2 Å². The monoisotopic (exact) mass is 284 g/mol. The van der Waals surface area contributed by atoms with Crippen molar-refractivity contribution < 1.29 is 0 Å². The third kappa shape index (κ3) is 5.16. The van der Waals surface area contributed by atoms with Gasteiger partial charge in [0.05, 0.1) is 6.21 Å². The number of hydrazone groups is 1. The van der Waals surface area contributed by atoms with Crippen LogP contribution < -0.4 is 10.7 Å². The van der Waals surface area contributed by atoms with Crippen LogP contribution in [0.2, 0.25) is 0 Å². The maximum atomic E-state index is 5.13. The fourth-order valence-corrected chi connectivity index (χ4v) is 1.78. The topological polar surface area (TPSA) is 49.3 Å². The highest BCUT2D eigenvalue weighted by Crippen LogP contribution is 1.97. The molecule has 0 aliphatic carbocycles. The Labute approximate surface area is 123 Å². The Balaban J connectivity index is 1.67. The fourth-order valence-electron chi connectivity index (χ4n) is 1.62. The summed E-state index contributed by atoms with van der Waals surface area (Å²) >= 11 is 5.13. The third-order valence-corrected chi connectivity index (χ3v) is 2.84. The molecule has 1 aromatic heterocycles. The number of rotatable bonds is 5. The van der Waals surface area contributed by atoms with E-state index in [0.29, 0.717) is 5.11 Å². The van der Waals surface area contributed by atoms with Gasteiger partial charge in [0.1, 0.15) is 0 Å². The molecule has 2 aromatic rings. The van der Waals surface area contributed by atoms with Crippen LogP contribution in [0.15, 0.2) is 60.0 Å². The van der Waals surface area contributed by atoms with Crippen molar-refractivity contribution in [1.29, 1.82) is 0 Å². The molecular formula is C15H16N4S. The molecule has 4 nitrogen and oxygen atoms in total. The van der Waals surface area contributed by atoms with Gasteiger partial charge in [0, 0.05) is 24.5 Å². The quantitative estimate of drug-likeness (QED) is 0.502. The summed E-state index contributed by atoms with van der Waals surface area (Å²) in [6, 6.07) is 14.0. The second kappa shape index (κ2) is 8.01. The molecule has 0 saturated carbocycles. The van der Waals surface area contributed by atoms with Crippen LogP contribution in [0, 0.1) is 0 Å². The molecule has 1 aromatic carbocycles. The summed E-state index contributed by atoms with van der Waals surface area (Å²) < 4.78 is 0. The summed E-state index contributed by atoms with van der Waals surface area (Å²) in [5, 5.41) is 7.67. The van der Waals surface area contributed by atoms with Crippen molar-refractivity contribution in [2.45, 2.75) is 6.42 Å². The largest absolute Gasteiger partial charge is 0.361 e. The van der Waals surface area contributed by atoms with Gasteiger partial charge >= 0.3 is 0 Å². The molecule has 0 aliphatic heterocycles. The van der Waals surface area contributed by atoms with Gasteiger partial charge in [0.15, 0.2) is 5.11 Å². The Hall–Kier alpha value is -2.27. The van der Waals surface area contributed by atoms with Crippen LogP contribution in [-0.2, 0) is 6.42 Å². The molecule has 2 rings (SSSR count). The maximum absolute atomic E-state index is 5.13. The Morgan fingerprint density at radius 2 is 2.05 bits per heavy atom. The molecule has 0 fully saturated rings. The molecule has 5 heteroatoms. The Bertz CT molecular complexity index is 555. The first kappa shape index (κ1) is 14.1. The molecule has 102 valence electrons. The fraction of sp³-hybridized carbons (Fsp3) is 0.133. The van der Waals surface area contributed by atoms with E-state index in [1.54, 1.807) is 18.6 Å². The van der Waals surface area contributed by atoms with E-state index in [4.69, 9.17) is 12.2 Å². The SMILES string of the molecule is S=C(NCCc1ccccc1)NN=Cc1cccnc1. The molecule has 0 radical (unpaired) electrons. The van der Waals surface area contributed by atoms with E-state index in [0.717, 1.165) is 18.5 Å². The lowest BCUT2D eigenvalue weighted by molar-refractivity contribution is 0.838. The number of hydrogen-bond donors (Lipinski definition) is 2. The number of benzene rings is 1. The minimum Gasteiger partial charge on any atom is -0.361 e. The second-order valence-electron chi connectivity index (χ2n) is 4.15. The Kier molecular flexibility index (Phi) is 5.67. The van der Waals surface area contributed by atoms with Gasteiger partial charge < -0.3 is 5.32 Å². The van der Waals surface area contributed by atoms with Crippen LogP contribution in [-0.4, -0.2) is 22.9 Å². The highest BCUT2D eigenvalue weighted by Gasteiger charge is 1.94. The van der Waals surface area contributed by atoms with E-state index in [-0.39, 0.29) is 0 Å². The maximum Gasteiger partial charge on any atom is 0.186 e. The minimum atomic E-state index is 0.515.